The molecule has 2 aromatic carbocycles. The first kappa shape index (κ1) is 20.0. The van der Waals surface area contributed by atoms with E-state index in [-0.39, 0.29) is 5.91 Å². The van der Waals surface area contributed by atoms with Crippen molar-refractivity contribution in [1.29, 1.82) is 0 Å². The molecule has 1 atom stereocenters. The number of amides is 1. The second kappa shape index (κ2) is 8.37. The first-order chi connectivity index (χ1) is 16.8. The second-order valence-corrected chi connectivity index (χ2v) is 8.05. The maximum atomic E-state index is 13.7. The number of nitrogens with one attached hydrogen (secondary N) is 1. The smallest absolute Gasteiger partial charge is 0.258 e. The molecular weight excluding hydrogens is 426 g/mol. The van der Waals surface area contributed by atoms with Crippen molar-refractivity contribution in [2.24, 2.45) is 0 Å². The van der Waals surface area contributed by atoms with Crippen molar-refractivity contribution in [2.75, 3.05) is 5.32 Å². The van der Waals surface area contributed by atoms with Gasteiger partial charge in [-0.2, -0.15) is 5.10 Å². The molecule has 0 spiro atoms. The van der Waals surface area contributed by atoms with Crippen molar-refractivity contribution in [1.82, 2.24) is 19.7 Å². The van der Waals surface area contributed by atoms with Crippen LogP contribution < -0.4 is 5.32 Å². The number of hydrogen-bond donors (Lipinski definition) is 1. The predicted octanol–water partition coefficient (Wildman–Crippen LogP) is 5.29. The van der Waals surface area contributed by atoms with Gasteiger partial charge in [0.1, 0.15) is 11.9 Å². The number of aromatic nitrogens is 3. The number of nitrogens with zero attached hydrogens (tertiary/aromatic N) is 4. The summed E-state index contributed by atoms with van der Waals surface area (Å²) >= 11 is 0. The Hall–Kier alpha value is -4.65. The van der Waals surface area contributed by atoms with Crippen LogP contribution in [0.15, 0.2) is 108 Å². The summed E-state index contributed by atoms with van der Waals surface area (Å²) in [6.07, 6.45) is 6.65. The number of furan rings is 1. The normalized spacial score (nSPS) is 15.1. The van der Waals surface area contributed by atoms with Gasteiger partial charge < -0.3 is 14.6 Å². The second-order valence-electron chi connectivity index (χ2n) is 8.05. The number of anilines is 1. The molecule has 1 N–H and O–H groups in total. The molecule has 4 heterocycles. The third-order valence-corrected chi connectivity index (χ3v) is 5.94. The number of rotatable bonds is 5. The lowest BCUT2D eigenvalue weighted by Gasteiger charge is -2.37. The van der Waals surface area contributed by atoms with Gasteiger partial charge in [-0.05, 0) is 48.5 Å². The van der Waals surface area contributed by atoms with Crippen LogP contribution in [-0.4, -0.2) is 25.6 Å². The van der Waals surface area contributed by atoms with E-state index < -0.39 is 6.17 Å². The monoisotopic (exact) mass is 447 g/mol. The van der Waals surface area contributed by atoms with Gasteiger partial charge in [0.05, 0.1) is 29.8 Å². The minimum Gasteiger partial charge on any atom is -0.467 e. The van der Waals surface area contributed by atoms with Crippen molar-refractivity contribution in [3.8, 4) is 16.9 Å². The van der Waals surface area contributed by atoms with Gasteiger partial charge in [0.2, 0.25) is 0 Å². The van der Waals surface area contributed by atoms with Gasteiger partial charge in [-0.1, -0.05) is 30.3 Å². The first-order valence-corrected chi connectivity index (χ1v) is 11.0. The molecule has 7 heteroatoms. The summed E-state index contributed by atoms with van der Waals surface area (Å²) in [7, 11) is 0. The van der Waals surface area contributed by atoms with Crippen LogP contribution in [0, 0.1) is 0 Å². The van der Waals surface area contributed by atoms with E-state index in [0.29, 0.717) is 17.9 Å². The minimum absolute atomic E-state index is 0.0658. The summed E-state index contributed by atoms with van der Waals surface area (Å²) in [6.45, 7) is 0.324. The molecule has 7 nitrogen and oxygen atoms in total. The Morgan fingerprint density at radius 2 is 1.71 bits per heavy atom. The van der Waals surface area contributed by atoms with Gasteiger partial charge in [-0.3, -0.25) is 9.78 Å². The molecule has 1 aliphatic heterocycles. The van der Waals surface area contributed by atoms with E-state index in [9.17, 15) is 4.79 Å². The van der Waals surface area contributed by atoms with E-state index in [2.05, 4.69) is 10.3 Å². The Labute approximate surface area is 196 Å². The van der Waals surface area contributed by atoms with Crippen LogP contribution in [0.2, 0.25) is 0 Å². The molecule has 1 aliphatic rings. The summed E-state index contributed by atoms with van der Waals surface area (Å²) in [4.78, 5) is 19.6. The van der Waals surface area contributed by atoms with Gasteiger partial charge in [0.15, 0.2) is 0 Å². The Morgan fingerprint density at radius 1 is 0.912 bits per heavy atom. The number of carbonyl (C=O) groups is 1. The Morgan fingerprint density at radius 3 is 2.50 bits per heavy atom. The van der Waals surface area contributed by atoms with Gasteiger partial charge in [0, 0.05) is 35.4 Å². The standard InChI is InChI=1S/C27H21N5O2/c33-27-22-10-4-5-11-24(22)29-26(31(27)17-21-9-6-16-34-21)23-18-32(20-7-2-1-3-8-20)30-25(23)19-12-14-28-15-13-19/h1-16,18,26,29H,17H2. The van der Waals surface area contributed by atoms with Crippen LogP contribution in [0.4, 0.5) is 5.69 Å². The van der Waals surface area contributed by atoms with Crippen molar-refractivity contribution < 1.29 is 9.21 Å². The molecule has 166 valence electrons. The lowest BCUT2D eigenvalue weighted by atomic mass is 10.0. The zero-order valence-corrected chi connectivity index (χ0v) is 18.2. The summed E-state index contributed by atoms with van der Waals surface area (Å²) in [5.74, 6) is 0.643. The Bertz CT molecular complexity index is 1430. The third kappa shape index (κ3) is 3.53. The Balaban J connectivity index is 1.52. The molecule has 0 saturated heterocycles. The number of pyridine rings is 1. The molecule has 34 heavy (non-hydrogen) atoms. The number of benzene rings is 2. The van der Waals surface area contributed by atoms with E-state index in [4.69, 9.17) is 9.52 Å². The van der Waals surface area contributed by atoms with Gasteiger partial charge >= 0.3 is 0 Å². The van der Waals surface area contributed by atoms with Crippen molar-refractivity contribution in [3.63, 3.8) is 0 Å². The third-order valence-electron chi connectivity index (χ3n) is 5.94. The maximum absolute atomic E-state index is 13.7. The summed E-state index contributed by atoms with van der Waals surface area (Å²) in [6, 6.07) is 25.1. The Kier molecular flexibility index (Phi) is 4.92. The average molecular weight is 447 g/mol. The number of fused-ring (bicyclic) bond motifs is 1. The summed E-state index contributed by atoms with van der Waals surface area (Å²) in [5.41, 5.74) is 4.94. The molecule has 0 saturated carbocycles. The number of carbonyl (C=O) groups excluding carboxylic acids is 1. The largest absolute Gasteiger partial charge is 0.467 e. The summed E-state index contributed by atoms with van der Waals surface area (Å²) in [5, 5.41) is 8.50. The molecule has 3 aromatic heterocycles. The highest BCUT2D eigenvalue weighted by atomic mass is 16.3. The SMILES string of the molecule is O=C1c2ccccc2NC(c2cn(-c3ccccc3)nc2-c2ccncc2)N1Cc1ccco1. The molecule has 0 radical (unpaired) electrons. The zero-order chi connectivity index (χ0) is 22.9. The topological polar surface area (TPSA) is 76.2 Å². The van der Waals surface area contributed by atoms with Crippen molar-refractivity contribution >= 4 is 11.6 Å². The van der Waals surface area contributed by atoms with Gasteiger partial charge in [0.25, 0.3) is 5.91 Å². The lowest BCUT2D eigenvalue weighted by Crippen LogP contribution is -2.42. The lowest BCUT2D eigenvalue weighted by molar-refractivity contribution is 0.0652. The minimum atomic E-state index is -0.451. The van der Waals surface area contributed by atoms with Crippen LogP contribution in [0.3, 0.4) is 0 Å². The zero-order valence-electron chi connectivity index (χ0n) is 18.2. The quantitative estimate of drug-likeness (QED) is 0.396. The van der Waals surface area contributed by atoms with Crippen LogP contribution in [0.25, 0.3) is 16.9 Å². The van der Waals surface area contributed by atoms with E-state index in [1.807, 2.05) is 89.7 Å². The molecular formula is C27H21N5O2. The number of hydrogen-bond acceptors (Lipinski definition) is 5. The molecule has 1 unspecified atom stereocenters. The van der Waals surface area contributed by atoms with Crippen LogP contribution in [0.5, 0.6) is 0 Å². The number of para-hydroxylation sites is 2. The highest BCUT2D eigenvalue weighted by Crippen LogP contribution is 2.38. The van der Waals surface area contributed by atoms with Crippen LogP contribution in [-0.2, 0) is 6.54 Å². The summed E-state index contributed by atoms with van der Waals surface area (Å²) < 4.78 is 7.45. The molecule has 1 amide bonds. The van der Waals surface area contributed by atoms with Crippen molar-refractivity contribution in [3.05, 3.63) is 121 Å². The molecule has 0 fully saturated rings. The van der Waals surface area contributed by atoms with Crippen LogP contribution in [0.1, 0.15) is 27.8 Å². The molecule has 0 bridgehead atoms. The van der Waals surface area contributed by atoms with E-state index in [0.717, 1.165) is 28.2 Å². The van der Waals surface area contributed by atoms with Gasteiger partial charge in [-0.25, -0.2) is 4.68 Å². The maximum Gasteiger partial charge on any atom is 0.258 e. The highest BCUT2D eigenvalue weighted by molar-refractivity contribution is 6.01. The predicted molar refractivity (Wildman–Crippen MR) is 128 cm³/mol. The van der Waals surface area contributed by atoms with E-state index in [1.165, 1.54) is 0 Å². The van der Waals surface area contributed by atoms with E-state index >= 15 is 0 Å². The molecule has 6 rings (SSSR count). The van der Waals surface area contributed by atoms with Crippen molar-refractivity contribution in [2.45, 2.75) is 12.7 Å². The molecule has 5 aromatic rings. The van der Waals surface area contributed by atoms with E-state index in [1.54, 1.807) is 23.6 Å². The molecule has 0 aliphatic carbocycles. The average Bonchev–Trinajstić information content (AvgIpc) is 3.57. The fourth-order valence-electron chi connectivity index (χ4n) is 4.31. The van der Waals surface area contributed by atoms with Crippen LogP contribution >= 0.6 is 0 Å². The first-order valence-electron chi connectivity index (χ1n) is 11.0. The fourth-order valence-corrected chi connectivity index (χ4v) is 4.31. The highest BCUT2D eigenvalue weighted by Gasteiger charge is 2.36. The van der Waals surface area contributed by atoms with Gasteiger partial charge in [-0.15, -0.1) is 0 Å². The fraction of sp³-hybridized carbons (Fsp3) is 0.0741.